The average Bonchev–Trinajstić information content (AvgIpc) is 2.60. The Bertz CT molecular complexity index is 546. The van der Waals surface area contributed by atoms with E-state index in [1.54, 1.807) is 17.3 Å². The standard InChI is InChI=1S/C17H26N4O3.2ClH/c1-13(18)15-6-2-3-8-21(15)17(23)12-24-11-16(22)20-10-14-5-4-7-19-9-14;;/h4-5,7,9,13,15H,2-3,6,8,10-12,18H2,1H3,(H,20,22);2*1H. The number of rotatable bonds is 7. The van der Waals surface area contributed by atoms with Crippen molar-refractivity contribution in [1.82, 2.24) is 15.2 Å². The van der Waals surface area contributed by atoms with Crippen molar-refractivity contribution in [3.8, 4) is 0 Å². The maximum atomic E-state index is 12.3. The lowest BCUT2D eigenvalue weighted by molar-refractivity contribution is -0.142. The van der Waals surface area contributed by atoms with Crippen LogP contribution in [-0.2, 0) is 20.9 Å². The summed E-state index contributed by atoms with van der Waals surface area (Å²) in [4.78, 5) is 29.8. The molecular weight excluding hydrogens is 379 g/mol. The highest BCUT2D eigenvalue weighted by molar-refractivity contribution is 5.85. The Balaban J connectivity index is 0.00000312. The van der Waals surface area contributed by atoms with Gasteiger partial charge in [0, 0.05) is 37.6 Å². The Morgan fingerprint density at radius 2 is 2.15 bits per heavy atom. The van der Waals surface area contributed by atoms with Crippen LogP contribution in [0.4, 0.5) is 0 Å². The summed E-state index contributed by atoms with van der Waals surface area (Å²) in [7, 11) is 0. The number of piperidine rings is 1. The third-order valence-corrected chi connectivity index (χ3v) is 4.15. The molecule has 148 valence electrons. The van der Waals surface area contributed by atoms with Crippen molar-refractivity contribution in [1.29, 1.82) is 0 Å². The molecule has 1 aromatic rings. The summed E-state index contributed by atoms with van der Waals surface area (Å²) in [5.74, 6) is -0.355. The lowest BCUT2D eigenvalue weighted by Crippen LogP contribution is -2.52. The first-order valence-corrected chi connectivity index (χ1v) is 8.36. The number of amides is 2. The molecule has 0 aliphatic carbocycles. The van der Waals surface area contributed by atoms with Crippen LogP contribution in [0.5, 0.6) is 0 Å². The van der Waals surface area contributed by atoms with Crippen LogP contribution in [-0.4, -0.2) is 53.5 Å². The van der Waals surface area contributed by atoms with Crippen LogP contribution < -0.4 is 11.1 Å². The zero-order valence-corrected chi connectivity index (χ0v) is 16.6. The Kier molecular flexibility index (Phi) is 12.2. The van der Waals surface area contributed by atoms with E-state index in [0.29, 0.717) is 13.1 Å². The van der Waals surface area contributed by atoms with E-state index in [0.717, 1.165) is 24.8 Å². The maximum Gasteiger partial charge on any atom is 0.248 e. The van der Waals surface area contributed by atoms with Crippen molar-refractivity contribution in [3.63, 3.8) is 0 Å². The normalized spacial score (nSPS) is 17.5. The van der Waals surface area contributed by atoms with Gasteiger partial charge < -0.3 is 20.7 Å². The Morgan fingerprint density at radius 1 is 1.38 bits per heavy atom. The number of pyridine rings is 1. The van der Waals surface area contributed by atoms with E-state index in [-0.39, 0.29) is 61.9 Å². The molecule has 2 heterocycles. The largest absolute Gasteiger partial charge is 0.362 e. The van der Waals surface area contributed by atoms with Gasteiger partial charge in [-0.05, 0) is 37.8 Å². The van der Waals surface area contributed by atoms with Crippen molar-refractivity contribution in [2.45, 2.75) is 44.8 Å². The van der Waals surface area contributed by atoms with Gasteiger partial charge in [0.2, 0.25) is 11.8 Å². The molecule has 2 atom stereocenters. The SMILES string of the molecule is CC(N)C1CCCCN1C(=O)COCC(=O)NCc1cccnc1.Cl.Cl. The second kappa shape index (κ2) is 12.9. The molecule has 7 nitrogen and oxygen atoms in total. The summed E-state index contributed by atoms with van der Waals surface area (Å²) in [6, 6.07) is 3.69. The fourth-order valence-corrected chi connectivity index (χ4v) is 2.88. The van der Waals surface area contributed by atoms with Crippen molar-refractivity contribution in [3.05, 3.63) is 30.1 Å². The van der Waals surface area contributed by atoms with Gasteiger partial charge in [0.15, 0.2) is 0 Å². The van der Waals surface area contributed by atoms with Crippen LogP contribution in [0, 0.1) is 0 Å². The molecule has 0 saturated carbocycles. The minimum atomic E-state index is -0.256. The molecule has 3 N–H and O–H groups in total. The van der Waals surface area contributed by atoms with Crippen molar-refractivity contribution >= 4 is 36.6 Å². The lowest BCUT2D eigenvalue weighted by atomic mass is 9.97. The van der Waals surface area contributed by atoms with E-state index in [9.17, 15) is 9.59 Å². The molecule has 1 aliphatic rings. The van der Waals surface area contributed by atoms with Crippen molar-refractivity contribution in [2.75, 3.05) is 19.8 Å². The van der Waals surface area contributed by atoms with Crippen LogP contribution in [0.2, 0.25) is 0 Å². The fourth-order valence-electron chi connectivity index (χ4n) is 2.88. The van der Waals surface area contributed by atoms with Crippen LogP contribution in [0.1, 0.15) is 31.7 Å². The van der Waals surface area contributed by atoms with Crippen LogP contribution >= 0.6 is 24.8 Å². The number of hydrogen-bond acceptors (Lipinski definition) is 5. The Labute approximate surface area is 166 Å². The highest BCUT2D eigenvalue weighted by Gasteiger charge is 2.29. The smallest absolute Gasteiger partial charge is 0.248 e. The predicted molar refractivity (Wildman–Crippen MR) is 104 cm³/mol. The third kappa shape index (κ3) is 7.86. The average molecular weight is 407 g/mol. The first-order valence-electron chi connectivity index (χ1n) is 8.36. The quantitative estimate of drug-likeness (QED) is 0.710. The number of ether oxygens (including phenoxy) is 1. The molecule has 1 saturated heterocycles. The van der Waals surface area contributed by atoms with Gasteiger partial charge in [0.25, 0.3) is 0 Å². The second-order valence-electron chi connectivity index (χ2n) is 6.14. The van der Waals surface area contributed by atoms with Gasteiger partial charge in [-0.15, -0.1) is 24.8 Å². The van der Waals surface area contributed by atoms with Gasteiger partial charge in [-0.25, -0.2) is 0 Å². The van der Waals surface area contributed by atoms with E-state index in [2.05, 4.69) is 10.3 Å². The summed E-state index contributed by atoms with van der Waals surface area (Å²) < 4.78 is 5.27. The predicted octanol–water partition coefficient (Wildman–Crippen LogP) is 1.29. The molecular formula is C17H28Cl2N4O3. The number of nitrogens with zero attached hydrogens (tertiary/aromatic N) is 2. The van der Waals surface area contributed by atoms with E-state index in [1.807, 2.05) is 19.1 Å². The number of likely N-dealkylation sites (tertiary alicyclic amines) is 1. The molecule has 1 aliphatic heterocycles. The van der Waals surface area contributed by atoms with E-state index in [1.165, 1.54) is 0 Å². The molecule has 2 amide bonds. The zero-order valence-electron chi connectivity index (χ0n) is 14.9. The van der Waals surface area contributed by atoms with Gasteiger partial charge in [0.1, 0.15) is 13.2 Å². The molecule has 2 rings (SSSR count). The number of aromatic nitrogens is 1. The summed E-state index contributed by atoms with van der Waals surface area (Å²) >= 11 is 0. The van der Waals surface area contributed by atoms with Crippen molar-refractivity contribution in [2.24, 2.45) is 5.73 Å². The monoisotopic (exact) mass is 406 g/mol. The Morgan fingerprint density at radius 3 is 2.81 bits per heavy atom. The van der Waals surface area contributed by atoms with Gasteiger partial charge in [-0.3, -0.25) is 14.6 Å². The minimum Gasteiger partial charge on any atom is -0.362 e. The number of carbonyl (C=O) groups excluding carboxylic acids is 2. The molecule has 26 heavy (non-hydrogen) atoms. The summed E-state index contributed by atoms with van der Waals surface area (Å²) in [6.07, 6.45) is 6.37. The molecule has 1 aromatic heterocycles. The van der Waals surface area contributed by atoms with Gasteiger partial charge in [-0.2, -0.15) is 0 Å². The van der Waals surface area contributed by atoms with Gasteiger partial charge >= 0.3 is 0 Å². The van der Waals surface area contributed by atoms with E-state index < -0.39 is 0 Å². The molecule has 1 fully saturated rings. The van der Waals surface area contributed by atoms with Gasteiger partial charge in [0.05, 0.1) is 0 Å². The molecule has 2 unspecified atom stereocenters. The lowest BCUT2D eigenvalue weighted by Gasteiger charge is -2.38. The summed E-state index contributed by atoms with van der Waals surface area (Å²) in [6.45, 7) is 2.79. The van der Waals surface area contributed by atoms with Crippen LogP contribution in [0.25, 0.3) is 0 Å². The number of nitrogens with two attached hydrogens (primary N) is 1. The first kappa shape index (κ1) is 24.6. The molecule has 0 radical (unpaired) electrons. The maximum absolute atomic E-state index is 12.3. The molecule has 0 spiro atoms. The Hall–Kier alpha value is -1.41. The summed E-state index contributed by atoms with van der Waals surface area (Å²) in [5.41, 5.74) is 6.88. The number of halogens is 2. The first-order chi connectivity index (χ1) is 11.6. The zero-order chi connectivity index (χ0) is 17.4. The van der Waals surface area contributed by atoms with Crippen molar-refractivity contribution < 1.29 is 14.3 Å². The van der Waals surface area contributed by atoms with Gasteiger partial charge in [-0.1, -0.05) is 6.07 Å². The fraction of sp³-hybridized carbons (Fsp3) is 0.588. The number of nitrogens with one attached hydrogen (secondary N) is 1. The third-order valence-electron chi connectivity index (χ3n) is 4.15. The topological polar surface area (TPSA) is 97.5 Å². The number of hydrogen-bond donors (Lipinski definition) is 2. The van der Waals surface area contributed by atoms with Crippen LogP contribution in [0.3, 0.4) is 0 Å². The second-order valence-corrected chi connectivity index (χ2v) is 6.14. The van der Waals surface area contributed by atoms with E-state index in [4.69, 9.17) is 10.5 Å². The highest BCUT2D eigenvalue weighted by atomic mass is 35.5. The number of carbonyl (C=O) groups is 2. The van der Waals surface area contributed by atoms with E-state index >= 15 is 0 Å². The molecule has 0 bridgehead atoms. The van der Waals surface area contributed by atoms with Crippen LogP contribution in [0.15, 0.2) is 24.5 Å². The molecule has 0 aromatic carbocycles. The highest BCUT2D eigenvalue weighted by Crippen LogP contribution is 2.19. The molecule has 9 heteroatoms. The summed E-state index contributed by atoms with van der Waals surface area (Å²) in [5, 5.41) is 2.73. The minimum absolute atomic E-state index is 0.